The van der Waals surface area contributed by atoms with E-state index < -0.39 is 12.2 Å². The number of carbonyl (C=O) groups is 1. The lowest BCUT2D eigenvalue weighted by molar-refractivity contribution is 0.0679. The fraction of sp³-hybridized carbons (Fsp3) is 0.125. The van der Waals surface area contributed by atoms with Crippen molar-refractivity contribution in [3.05, 3.63) is 29.8 Å². The quantitative estimate of drug-likeness (QED) is 0.426. The third-order valence-corrected chi connectivity index (χ3v) is 1.55. The first-order chi connectivity index (χ1) is 6.16. The molecule has 0 aliphatic carbocycles. The van der Waals surface area contributed by atoms with Gasteiger partial charge in [-0.05, 0) is 12.1 Å². The summed E-state index contributed by atoms with van der Waals surface area (Å²) in [4.78, 5) is 10.9. The van der Waals surface area contributed by atoms with E-state index in [9.17, 15) is 13.6 Å². The normalized spacial score (nSPS) is 10.2. The molecule has 0 aliphatic rings. The van der Waals surface area contributed by atoms with Crippen LogP contribution in [0.3, 0.4) is 0 Å². The highest BCUT2D eigenvalue weighted by Crippen LogP contribution is 2.16. The molecule has 13 heavy (non-hydrogen) atoms. The third-order valence-electron chi connectivity index (χ3n) is 1.55. The summed E-state index contributed by atoms with van der Waals surface area (Å²) in [6.45, 7) is 0. The molecule has 0 unspecified atom stereocenters. The third kappa shape index (κ3) is 2.00. The van der Waals surface area contributed by atoms with Gasteiger partial charge in [0, 0.05) is 5.56 Å². The van der Waals surface area contributed by atoms with Crippen LogP contribution in [0.25, 0.3) is 0 Å². The summed E-state index contributed by atoms with van der Waals surface area (Å²) < 4.78 is 24.0. The molecule has 0 fully saturated rings. The molecule has 1 rings (SSSR count). The highest BCUT2D eigenvalue weighted by Gasteiger charge is 2.19. The number of rotatable bonds is 3. The Bertz CT molecular complexity index is 315. The van der Waals surface area contributed by atoms with Crippen molar-refractivity contribution in [1.29, 1.82) is 0 Å². The van der Waals surface area contributed by atoms with Crippen LogP contribution in [0.4, 0.5) is 14.5 Å². The zero-order chi connectivity index (χ0) is 9.84. The van der Waals surface area contributed by atoms with Crippen molar-refractivity contribution in [2.75, 3.05) is 5.43 Å². The summed E-state index contributed by atoms with van der Waals surface area (Å²) in [5, 5.41) is 0. The molecule has 3 N–H and O–H groups in total. The summed E-state index contributed by atoms with van der Waals surface area (Å²) in [7, 11) is 0. The maximum atomic E-state index is 12.0. The van der Waals surface area contributed by atoms with E-state index >= 15 is 0 Å². The minimum absolute atomic E-state index is 0.0972. The Hall–Kier alpha value is -1.49. The van der Waals surface area contributed by atoms with Crippen LogP contribution in [-0.2, 0) is 0 Å². The molecule has 0 saturated carbocycles. The number of halogens is 2. The smallest absolute Gasteiger partial charge is 0.300 e. The molecule has 1 aromatic carbocycles. The highest BCUT2D eigenvalue weighted by atomic mass is 19.3. The van der Waals surface area contributed by atoms with Gasteiger partial charge < -0.3 is 5.43 Å². The number of benzene rings is 1. The Morgan fingerprint density at radius 2 is 2.00 bits per heavy atom. The molecular formula is C8H8F2N2O. The number of hydrogen-bond acceptors (Lipinski definition) is 3. The maximum Gasteiger partial charge on any atom is 0.300 e. The second kappa shape index (κ2) is 3.95. The SMILES string of the molecule is NNc1ccccc1C(=O)C(F)F. The van der Waals surface area contributed by atoms with Gasteiger partial charge in [0.05, 0.1) is 5.69 Å². The zero-order valence-electron chi connectivity index (χ0n) is 6.63. The molecule has 0 saturated heterocycles. The molecule has 0 heterocycles. The van der Waals surface area contributed by atoms with Crippen LogP contribution in [0.5, 0.6) is 0 Å². The Morgan fingerprint density at radius 1 is 1.38 bits per heavy atom. The number of anilines is 1. The second-order valence-corrected chi connectivity index (χ2v) is 2.35. The maximum absolute atomic E-state index is 12.0. The van der Waals surface area contributed by atoms with Gasteiger partial charge in [0.1, 0.15) is 0 Å². The molecule has 0 radical (unpaired) electrons. The minimum Gasteiger partial charge on any atom is -0.323 e. The number of hydrazine groups is 1. The standard InChI is InChI=1S/C8H8F2N2O/c9-8(10)7(13)5-3-1-2-4-6(5)12-11/h1-4,8,12H,11H2. The number of nitrogens with two attached hydrogens (primary N) is 1. The van der Waals surface area contributed by atoms with Crippen molar-refractivity contribution >= 4 is 11.5 Å². The van der Waals surface area contributed by atoms with Gasteiger partial charge >= 0.3 is 6.43 Å². The molecule has 1 aromatic rings. The number of hydrogen-bond donors (Lipinski definition) is 2. The van der Waals surface area contributed by atoms with Crippen LogP contribution in [0.15, 0.2) is 24.3 Å². The predicted octanol–water partition coefficient (Wildman–Crippen LogP) is 1.42. The van der Waals surface area contributed by atoms with E-state index in [-0.39, 0.29) is 11.3 Å². The summed E-state index contributed by atoms with van der Waals surface area (Å²) in [6.07, 6.45) is -3.01. The van der Waals surface area contributed by atoms with Gasteiger partial charge in [0.15, 0.2) is 0 Å². The largest absolute Gasteiger partial charge is 0.323 e. The van der Waals surface area contributed by atoms with Crippen molar-refractivity contribution in [2.24, 2.45) is 5.84 Å². The van der Waals surface area contributed by atoms with Crippen molar-refractivity contribution in [1.82, 2.24) is 0 Å². The van der Waals surface area contributed by atoms with E-state index in [1.807, 2.05) is 0 Å². The van der Waals surface area contributed by atoms with Crippen LogP contribution in [0.1, 0.15) is 10.4 Å². The Labute approximate surface area is 73.5 Å². The Morgan fingerprint density at radius 3 is 2.54 bits per heavy atom. The molecule has 3 nitrogen and oxygen atoms in total. The molecule has 70 valence electrons. The van der Waals surface area contributed by atoms with Crippen molar-refractivity contribution < 1.29 is 13.6 Å². The van der Waals surface area contributed by atoms with Crippen molar-refractivity contribution in [2.45, 2.75) is 6.43 Å². The van der Waals surface area contributed by atoms with E-state index in [4.69, 9.17) is 5.84 Å². The average molecular weight is 186 g/mol. The lowest BCUT2D eigenvalue weighted by Gasteiger charge is -2.06. The highest BCUT2D eigenvalue weighted by molar-refractivity contribution is 6.03. The number of carbonyl (C=O) groups excluding carboxylic acids is 1. The Kier molecular flexibility index (Phi) is 2.92. The molecule has 5 heteroatoms. The van der Waals surface area contributed by atoms with Crippen LogP contribution >= 0.6 is 0 Å². The van der Waals surface area contributed by atoms with Gasteiger partial charge in [0.2, 0.25) is 5.78 Å². The van der Waals surface area contributed by atoms with E-state index in [1.165, 1.54) is 18.2 Å². The lowest BCUT2D eigenvalue weighted by atomic mass is 10.1. The Balaban J connectivity index is 3.06. The fourth-order valence-corrected chi connectivity index (χ4v) is 0.941. The first-order valence-corrected chi connectivity index (χ1v) is 3.55. The molecular weight excluding hydrogens is 178 g/mol. The van der Waals surface area contributed by atoms with Crippen LogP contribution in [0, 0.1) is 0 Å². The van der Waals surface area contributed by atoms with Gasteiger partial charge in [-0.2, -0.15) is 0 Å². The first-order valence-electron chi connectivity index (χ1n) is 3.55. The monoisotopic (exact) mass is 186 g/mol. The van der Waals surface area contributed by atoms with Gasteiger partial charge in [0.25, 0.3) is 0 Å². The van der Waals surface area contributed by atoms with Gasteiger partial charge in [-0.1, -0.05) is 12.1 Å². The van der Waals surface area contributed by atoms with Gasteiger partial charge in [-0.15, -0.1) is 0 Å². The minimum atomic E-state index is -3.01. The molecule has 0 spiro atoms. The number of nitrogen functional groups attached to an aromatic ring is 1. The van der Waals surface area contributed by atoms with Gasteiger partial charge in [-0.3, -0.25) is 10.6 Å². The summed E-state index contributed by atoms with van der Waals surface area (Å²) in [5.74, 6) is 3.81. The van der Waals surface area contributed by atoms with Crippen LogP contribution in [-0.4, -0.2) is 12.2 Å². The molecule has 0 aliphatic heterocycles. The molecule has 0 amide bonds. The number of alkyl halides is 2. The number of para-hydroxylation sites is 1. The van der Waals surface area contributed by atoms with E-state index in [1.54, 1.807) is 6.07 Å². The summed E-state index contributed by atoms with van der Waals surface area (Å²) >= 11 is 0. The summed E-state index contributed by atoms with van der Waals surface area (Å²) in [6, 6.07) is 5.84. The van der Waals surface area contributed by atoms with Crippen molar-refractivity contribution in [3.63, 3.8) is 0 Å². The van der Waals surface area contributed by atoms with E-state index in [0.29, 0.717) is 0 Å². The lowest BCUT2D eigenvalue weighted by Crippen LogP contribution is -2.16. The summed E-state index contributed by atoms with van der Waals surface area (Å²) in [5.41, 5.74) is 2.28. The van der Waals surface area contributed by atoms with Crippen LogP contribution < -0.4 is 11.3 Å². The second-order valence-electron chi connectivity index (χ2n) is 2.35. The van der Waals surface area contributed by atoms with E-state index in [0.717, 1.165) is 0 Å². The molecule has 0 atom stereocenters. The number of Topliss-reactive ketones (excluding diaryl/α,β-unsaturated/α-hetero) is 1. The topological polar surface area (TPSA) is 55.1 Å². The predicted molar refractivity (Wildman–Crippen MR) is 44.6 cm³/mol. The fourth-order valence-electron chi connectivity index (χ4n) is 0.941. The average Bonchev–Trinajstić information content (AvgIpc) is 2.16. The van der Waals surface area contributed by atoms with Crippen LogP contribution in [0.2, 0.25) is 0 Å². The molecule has 0 bridgehead atoms. The van der Waals surface area contributed by atoms with Gasteiger partial charge in [-0.25, -0.2) is 8.78 Å². The number of ketones is 1. The van der Waals surface area contributed by atoms with E-state index in [2.05, 4.69) is 5.43 Å². The molecule has 0 aromatic heterocycles. The first kappa shape index (κ1) is 9.60. The van der Waals surface area contributed by atoms with Crippen molar-refractivity contribution in [3.8, 4) is 0 Å². The number of nitrogens with one attached hydrogen (secondary N) is 1. The zero-order valence-corrected chi connectivity index (χ0v) is 6.63.